The molecule has 0 saturated carbocycles. The molecule has 114 valence electrons. The standard InChI is InChI=1S/C13H22N2O3S2/c1-14(7-6-13-3-2-10-19-13)20(17,18)15-8-4-12(11-16)5-9-15/h2-3,10,12,16H,4-9,11H2,1H3. The fourth-order valence-electron chi connectivity index (χ4n) is 2.36. The van der Waals surface area contributed by atoms with Crippen molar-refractivity contribution >= 4 is 21.5 Å². The van der Waals surface area contributed by atoms with E-state index in [1.165, 1.54) is 13.5 Å². The van der Waals surface area contributed by atoms with Crippen LogP contribution in [0.2, 0.25) is 0 Å². The zero-order chi connectivity index (χ0) is 14.6. The Morgan fingerprint density at radius 2 is 2.15 bits per heavy atom. The first kappa shape index (κ1) is 15.9. The molecule has 0 spiro atoms. The molecule has 1 saturated heterocycles. The van der Waals surface area contributed by atoms with Gasteiger partial charge in [-0.15, -0.1) is 11.3 Å². The van der Waals surface area contributed by atoms with E-state index in [-0.39, 0.29) is 12.5 Å². The molecule has 1 aliphatic heterocycles. The molecule has 1 aliphatic rings. The molecule has 2 heterocycles. The Kier molecular flexibility index (Phi) is 5.57. The predicted molar refractivity (Wildman–Crippen MR) is 81.0 cm³/mol. The molecule has 1 aromatic heterocycles. The van der Waals surface area contributed by atoms with Gasteiger partial charge in [-0.2, -0.15) is 17.0 Å². The van der Waals surface area contributed by atoms with Gasteiger partial charge in [-0.25, -0.2) is 0 Å². The molecule has 1 aromatic rings. The number of aliphatic hydroxyl groups is 1. The molecule has 0 unspecified atom stereocenters. The average Bonchev–Trinajstić information content (AvgIpc) is 2.98. The van der Waals surface area contributed by atoms with Crippen LogP contribution in [0.4, 0.5) is 0 Å². The minimum atomic E-state index is -3.36. The summed E-state index contributed by atoms with van der Waals surface area (Å²) in [6.07, 6.45) is 2.24. The van der Waals surface area contributed by atoms with E-state index in [2.05, 4.69) is 0 Å². The summed E-state index contributed by atoms with van der Waals surface area (Å²) in [7, 11) is -1.72. The van der Waals surface area contributed by atoms with Gasteiger partial charge in [0.15, 0.2) is 0 Å². The number of nitrogens with zero attached hydrogens (tertiary/aromatic N) is 2. The quantitative estimate of drug-likeness (QED) is 0.856. The van der Waals surface area contributed by atoms with Crippen LogP contribution in [-0.2, 0) is 16.6 Å². The lowest BCUT2D eigenvalue weighted by Gasteiger charge is -2.33. The van der Waals surface area contributed by atoms with Crippen molar-refractivity contribution in [1.29, 1.82) is 0 Å². The van der Waals surface area contributed by atoms with Gasteiger partial charge in [0.2, 0.25) is 0 Å². The van der Waals surface area contributed by atoms with Gasteiger partial charge in [0.25, 0.3) is 10.2 Å². The molecule has 5 nitrogen and oxygen atoms in total. The second kappa shape index (κ2) is 7.00. The fourth-order valence-corrected chi connectivity index (χ4v) is 4.44. The van der Waals surface area contributed by atoms with E-state index in [0.29, 0.717) is 19.6 Å². The van der Waals surface area contributed by atoms with Crippen molar-refractivity contribution in [2.45, 2.75) is 19.3 Å². The molecule has 1 fully saturated rings. The van der Waals surface area contributed by atoms with Crippen LogP contribution < -0.4 is 0 Å². The number of rotatable bonds is 6. The summed E-state index contributed by atoms with van der Waals surface area (Å²) in [6.45, 7) is 1.68. The zero-order valence-electron chi connectivity index (χ0n) is 11.7. The van der Waals surface area contributed by atoms with Gasteiger partial charge in [0, 0.05) is 38.2 Å². The van der Waals surface area contributed by atoms with Gasteiger partial charge in [-0.3, -0.25) is 0 Å². The summed E-state index contributed by atoms with van der Waals surface area (Å²) in [5.74, 6) is 0.248. The van der Waals surface area contributed by atoms with Crippen molar-refractivity contribution in [1.82, 2.24) is 8.61 Å². The highest BCUT2D eigenvalue weighted by Gasteiger charge is 2.30. The second-order valence-corrected chi connectivity index (χ2v) is 8.25. The van der Waals surface area contributed by atoms with Crippen LogP contribution >= 0.6 is 11.3 Å². The lowest BCUT2D eigenvalue weighted by atomic mass is 10.00. The second-order valence-electron chi connectivity index (χ2n) is 5.18. The molecule has 1 N–H and O–H groups in total. The maximum Gasteiger partial charge on any atom is 0.281 e. The van der Waals surface area contributed by atoms with E-state index >= 15 is 0 Å². The van der Waals surface area contributed by atoms with E-state index in [9.17, 15) is 8.42 Å². The maximum absolute atomic E-state index is 12.4. The number of hydrogen-bond donors (Lipinski definition) is 1. The van der Waals surface area contributed by atoms with Crippen LogP contribution in [0.5, 0.6) is 0 Å². The summed E-state index contributed by atoms with van der Waals surface area (Å²) in [5, 5.41) is 11.1. The van der Waals surface area contributed by atoms with Crippen LogP contribution in [0.1, 0.15) is 17.7 Å². The van der Waals surface area contributed by atoms with Gasteiger partial charge < -0.3 is 5.11 Å². The number of likely N-dealkylation sites (N-methyl/N-ethyl adjacent to an activating group) is 1. The van der Waals surface area contributed by atoms with E-state index in [0.717, 1.165) is 19.3 Å². The molecule has 0 atom stereocenters. The van der Waals surface area contributed by atoms with Crippen molar-refractivity contribution < 1.29 is 13.5 Å². The predicted octanol–water partition coefficient (Wildman–Crippen LogP) is 1.17. The minimum Gasteiger partial charge on any atom is -0.396 e. The highest BCUT2D eigenvalue weighted by molar-refractivity contribution is 7.86. The van der Waals surface area contributed by atoms with Gasteiger partial charge >= 0.3 is 0 Å². The van der Waals surface area contributed by atoms with Crippen molar-refractivity contribution in [3.8, 4) is 0 Å². The highest BCUT2D eigenvalue weighted by atomic mass is 32.2. The van der Waals surface area contributed by atoms with Gasteiger partial charge in [0.05, 0.1) is 0 Å². The van der Waals surface area contributed by atoms with Crippen LogP contribution in [0.25, 0.3) is 0 Å². The number of piperidine rings is 1. The lowest BCUT2D eigenvalue weighted by molar-refractivity contribution is 0.167. The van der Waals surface area contributed by atoms with E-state index in [1.54, 1.807) is 18.4 Å². The van der Waals surface area contributed by atoms with Crippen LogP contribution in [0, 0.1) is 5.92 Å². The number of thiophene rings is 1. The molecular formula is C13H22N2O3S2. The average molecular weight is 318 g/mol. The smallest absolute Gasteiger partial charge is 0.281 e. The summed E-state index contributed by atoms with van der Waals surface area (Å²) < 4.78 is 27.8. The molecule has 0 aromatic carbocycles. The summed E-state index contributed by atoms with van der Waals surface area (Å²) in [6, 6.07) is 4.01. The topological polar surface area (TPSA) is 60.9 Å². The van der Waals surface area contributed by atoms with E-state index in [4.69, 9.17) is 5.11 Å². The van der Waals surface area contributed by atoms with Crippen molar-refractivity contribution in [2.75, 3.05) is 33.3 Å². The first-order chi connectivity index (χ1) is 9.54. The minimum absolute atomic E-state index is 0.155. The molecule has 7 heteroatoms. The molecule has 0 amide bonds. The maximum atomic E-state index is 12.4. The Balaban J connectivity index is 1.89. The summed E-state index contributed by atoms with van der Waals surface area (Å²) in [4.78, 5) is 1.20. The Morgan fingerprint density at radius 3 is 2.70 bits per heavy atom. The van der Waals surface area contributed by atoms with Crippen molar-refractivity contribution in [3.05, 3.63) is 22.4 Å². The molecule has 0 radical (unpaired) electrons. The molecule has 2 rings (SSSR count). The first-order valence-corrected chi connectivity index (χ1v) is 9.16. The van der Waals surface area contributed by atoms with Crippen molar-refractivity contribution in [3.63, 3.8) is 0 Å². The summed E-state index contributed by atoms with van der Waals surface area (Å²) in [5.41, 5.74) is 0. The third-order valence-corrected chi connectivity index (χ3v) is 6.73. The Bertz CT molecular complexity index is 494. The van der Waals surface area contributed by atoms with Gasteiger partial charge in [0.1, 0.15) is 0 Å². The Morgan fingerprint density at radius 1 is 1.45 bits per heavy atom. The molecule has 0 bridgehead atoms. The zero-order valence-corrected chi connectivity index (χ0v) is 13.4. The first-order valence-electron chi connectivity index (χ1n) is 6.88. The SMILES string of the molecule is CN(CCc1cccs1)S(=O)(=O)N1CCC(CO)CC1. The largest absolute Gasteiger partial charge is 0.396 e. The normalized spacial score (nSPS) is 18.8. The van der Waals surface area contributed by atoms with Crippen LogP contribution in [0.15, 0.2) is 17.5 Å². The monoisotopic (exact) mass is 318 g/mol. The van der Waals surface area contributed by atoms with E-state index < -0.39 is 10.2 Å². The Labute approximate surface area is 125 Å². The van der Waals surface area contributed by atoms with Crippen LogP contribution in [0.3, 0.4) is 0 Å². The van der Waals surface area contributed by atoms with Crippen molar-refractivity contribution in [2.24, 2.45) is 5.92 Å². The third kappa shape index (κ3) is 3.79. The van der Waals surface area contributed by atoms with Gasteiger partial charge in [-0.1, -0.05) is 6.07 Å². The van der Waals surface area contributed by atoms with Gasteiger partial charge in [-0.05, 0) is 36.6 Å². The molecule has 0 aliphatic carbocycles. The lowest BCUT2D eigenvalue weighted by Crippen LogP contribution is -2.46. The molecule has 20 heavy (non-hydrogen) atoms. The summed E-state index contributed by atoms with van der Waals surface area (Å²) >= 11 is 1.65. The number of aliphatic hydroxyl groups excluding tert-OH is 1. The number of hydrogen-bond acceptors (Lipinski definition) is 4. The van der Waals surface area contributed by atoms with Crippen LogP contribution in [-0.4, -0.2) is 55.4 Å². The molecular weight excluding hydrogens is 296 g/mol. The fraction of sp³-hybridized carbons (Fsp3) is 0.692. The highest BCUT2D eigenvalue weighted by Crippen LogP contribution is 2.20. The van der Waals surface area contributed by atoms with E-state index in [1.807, 2.05) is 17.5 Å². The third-order valence-electron chi connectivity index (χ3n) is 3.81. The Hall–Kier alpha value is -0.470.